The molecule has 0 aliphatic rings. The quantitative estimate of drug-likeness (QED) is 0.590. The van der Waals surface area contributed by atoms with E-state index < -0.39 is 12.0 Å². The molecule has 0 saturated carbocycles. The predicted molar refractivity (Wildman–Crippen MR) is 65.0 cm³/mol. The molecule has 6 nitrogen and oxygen atoms in total. The van der Waals surface area contributed by atoms with Crippen molar-refractivity contribution in [1.29, 1.82) is 0 Å². The van der Waals surface area contributed by atoms with Crippen molar-refractivity contribution in [2.24, 2.45) is 0 Å². The summed E-state index contributed by atoms with van der Waals surface area (Å²) >= 11 is 0. The average Bonchev–Trinajstić information content (AvgIpc) is 2.23. The number of anilines is 2. The number of amides is 2. The first-order valence-corrected chi connectivity index (χ1v) is 5.03. The van der Waals surface area contributed by atoms with Crippen molar-refractivity contribution < 1.29 is 14.7 Å². The van der Waals surface area contributed by atoms with Crippen LogP contribution in [0.2, 0.25) is 0 Å². The van der Waals surface area contributed by atoms with E-state index >= 15 is 0 Å². The third-order valence-electron chi connectivity index (χ3n) is 2.29. The molecule has 0 bridgehead atoms. The minimum atomic E-state index is -1.24. The smallest absolute Gasteiger partial charge is 0.405 e. The van der Waals surface area contributed by atoms with Crippen LogP contribution < -0.4 is 16.4 Å². The van der Waals surface area contributed by atoms with Crippen LogP contribution in [0.3, 0.4) is 0 Å². The van der Waals surface area contributed by atoms with Gasteiger partial charge in [-0.2, -0.15) is 0 Å². The highest BCUT2D eigenvalue weighted by Gasteiger charge is 2.07. The van der Waals surface area contributed by atoms with Gasteiger partial charge >= 0.3 is 6.09 Å². The molecule has 0 aliphatic heterocycles. The first-order chi connectivity index (χ1) is 7.90. The van der Waals surface area contributed by atoms with E-state index in [2.05, 4.69) is 5.32 Å². The van der Waals surface area contributed by atoms with Gasteiger partial charge in [0.2, 0.25) is 5.91 Å². The first kappa shape index (κ1) is 12.8. The predicted octanol–water partition coefficient (Wildman–Crippen LogP) is 1.09. The van der Waals surface area contributed by atoms with E-state index in [9.17, 15) is 9.59 Å². The van der Waals surface area contributed by atoms with Gasteiger partial charge in [0.15, 0.2) is 0 Å². The topological polar surface area (TPSA) is 104 Å². The molecule has 0 fully saturated rings. The Labute approximate surface area is 98.8 Å². The summed E-state index contributed by atoms with van der Waals surface area (Å²) in [5.41, 5.74) is 8.71. The SMILES string of the molecule is Cc1cc(C)c(NC(=O)CNC(=O)O)cc1N. The highest BCUT2D eigenvalue weighted by atomic mass is 16.4. The summed E-state index contributed by atoms with van der Waals surface area (Å²) in [5.74, 6) is -0.432. The van der Waals surface area contributed by atoms with E-state index in [1.807, 2.05) is 25.2 Å². The Morgan fingerprint density at radius 2 is 1.94 bits per heavy atom. The van der Waals surface area contributed by atoms with Crippen molar-refractivity contribution in [1.82, 2.24) is 5.32 Å². The van der Waals surface area contributed by atoms with E-state index in [1.165, 1.54) is 0 Å². The summed E-state index contributed by atoms with van der Waals surface area (Å²) < 4.78 is 0. The molecule has 1 aromatic rings. The van der Waals surface area contributed by atoms with E-state index in [1.54, 1.807) is 6.07 Å². The van der Waals surface area contributed by atoms with Gasteiger partial charge in [0.05, 0.1) is 0 Å². The lowest BCUT2D eigenvalue weighted by Gasteiger charge is -2.11. The van der Waals surface area contributed by atoms with Crippen LogP contribution in [-0.2, 0) is 4.79 Å². The number of nitrogen functional groups attached to an aromatic ring is 1. The molecule has 0 radical (unpaired) electrons. The summed E-state index contributed by atoms with van der Waals surface area (Å²) in [6, 6.07) is 3.51. The number of aryl methyl sites for hydroxylation is 2. The molecule has 0 heterocycles. The number of nitrogens with two attached hydrogens (primary N) is 1. The lowest BCUT2D eigenvalue weighted by molar-refractivity contribution is -0.115. The fourth-order valence-electron chi connectivity index (χ4n) is 1.35. The normalized spacial score (nSPS) is 9.76. The van der Waals surface area contributed by atoms with Gasteiger partial charge in [-0.05, 0) is 31.0 Å². The second-order valence-electron chi connectivity index (χ2n) is 3.73. The zero-order chi connectivity index (χ0) is 13.0. The lowest BCUT2D eigenvalue weighted by atomic mass is 10.1. The lowest BCUT2D eigenvalue weighted by Crippen LogP contribution is -2.31. The molecule has 0 saturated heterocycles. The molecule has 0 aromatic heterocycles. The number of nitrogens with one attached hydrogen (secondary N) is 2. The van der Waals surface area contributed by atoms with E-state index in [-0.39, 0.29) is 6.54 Å². The van der Waals surface area contributed by atoms with Crippen molar-refractivity contribution in [3.8, 4) is 0 Å². The Bertz CT molecular complexity index is 458. The number of carbonyl (C=O) groups excluding carboxylic acids is 1. The van der Waals surface area contributed by atoms with Crippen molar-refractivity contribution in [2.75, 3.05) is 17.6 Å². The van der Waals surface area contributed by atoms with Crippen molar-refractivity contribution in [2.45, 2.75) is 13.8 Å². The minimum Gasteiger partial charge on any atom is -0.465 e. The molecular weight excluding hydrogens is 222 g/mol. The Morgan fingerprint density at radius 1 is 1.29 bits per heavy atom. The maximum atomic E-state index is 11.4. The fourth-order valence-corrected chi connectivity index (χ4v) is 1.35. The molecule has 0 atom stereocenters. The minimum absolute atomic E-state index is 0.289. The van der Waals surface area contributed by atoms with E-state index in [0.29, 0.717) is 11.4 Å². The Kier molecular flexibility index (Phi) is 3.92. The molecule has 1 aromatic carbocycles. The standard InChI is InChI=1S/C11H15N3O3/c1-6-3-7(2)9(4-8(6)12)14-10(15)5-13-11(16)17/h3-4,13H,5,12H2,1-2H3,(H,14,15)(H,16,17). The van der Waals surface area contributed by atoms with Gasteiger partial charge in [0, 0.05) is 11.4 Å². The van der Waals surface area contributed by atoms with Crippen molar-refractivity contribution in [3.05, 3.63) is 23.3 Å². The fraction of sp³-hybridized carbons (Fsp3) is 0.273. The molecule has 0 unspecified atom stereocenters. The number of rotatable bonds is 3. The molecule has 2 amide bonds. The van der Waals surface area contributed by atoms with E-state index in [4.69, 9.17) is 10.8 Å². The highest BCUT2D eigenvalue weighted by Crippen LogP contribution is 2.21. The number of carbonyl (C=O) groups is 2. The zero-order valence-corrected chi connectivity index (χ0v) is 9.70. The molecule has 17 heavy (non-hydrogen) atoms. The number of carboxylic acid groups (broad SMARTS) is 1. The monoisotopic (exact) mass is 237 g/mol. The molecule has 0 aliphatic carbocycles. The molecule has 6 heteroatoms. The van der Waals surface area contributed by atoms with Crippen LogP contribution in [0.15, 0.2) is 12.1 Å². The third kappa shape index (κ3) is 3.67. The largest absolute Gasteiger partial charge is 0.465 e. The summed E-state index contributed by atoms with van der Waals surface area (Å²) in [5, 5.41) is 12.9. The second-order valence-corrected chi connectivity index (χ2v) is 3.73. The van der Waals surface area contributed by atoms with Crippen LogP contribution >= 0.6 is 0 Å². The molecule has 5 N–H and O–H groups in total. The number of hydrogen-bond acceptors (Lipinski definition) is 3. The van der Waals surface area contributed by atoms with Gasteiger partial charge in [0.25, 0.3) is 0 Å². The van der Waals surface area contributed by atoms with Gasteiger partial charge in [-0.1, -0.05) is 6.07 Å². The van der Waals surface area contributed by atoms with Gasteiger partial charge in [0.1, 0.15) is 6.54 Å². The van der Waals surface area contributed by atoms with Crippen LogP contribution in [0.25, 0.3) is 0 Å². The van der Waals surface area contributed by atoms with Crippen LogP contribution in [-0.4, -0.2) is 23.7 Å². The third-order valence-corrected chi connectivity index (χ3v) is 2.29. The number of benzene rings is 1. The van der Waals surface area contributed by atoms with Crippen LogP contribution in [0.1, 0.15) is 11.1 Å². The summed E-state index contributed by atoms with van der Waals surface area (Å²) in [6.07, 6.45) is -1.24. The van der Waals surface area contributed by atoms with Gasteiger partial charge in [-0.3, -0.25) is 4.79 Å². The average molecular weight is 237 g/mol. The Morgan fingerprint density at radius 3 is 2.53 bits per heavy atom. The Hall–Kier alpha value is -2.24. The maximum Gasteiger partial charge on any atom is 0.405 e. The zero-order valence-electron chi connectivity index (χ0n) is 9.70. The highest BCUT2D eigenvalue weighted by molar-refractivity contribution is 5.94. The first-order valence-electron chi connectivity index (χ1n) is 5.03. The number of hydrogen-bond donors (Lipinski definition) is 4. The summed E-state index contributed by atoms with van der Waals surface area (Å²) in [7, 11) is 0. The van der Waals surface area contributed by atoms with Crippen molar-refractivity contribution in [3.63, 3.8) is 0 Å². The molecule has 92 valence electrons. The molecular formula is C11H15N3O3. The van der Waals surface area contributed by atoms with Gasteiger partial charge < -0.3 is 21.5 Å². The van der Waals surface area contributed by atoms with Gasteiger partial charge in [-0.25, -0.2) is 4.79 Å². The van der Waals surface area contributed by atoms with Crippen LogP contribution in [0, 0.1) is 13.8 Å². The van der Waals surface area contributed by atoms with Crippen LogP contribution in [0.4, 0.5) is 16.2 Å². The molecule has 0 spiro atoms. The maximum absolute atomic E-state index is 11.4. The van der Waals surface area contributed by atoms with Crippen molar-refractivity contribution >= 4 is 23.4 Å². The molecule has 1 rings (SSSR count). The summed E-state index contributed by atoms with van der Waals surface area (Å²) in [4.78, 5) is 21.6. The summed E-state index contributed by atoms with van der Waals surface area (Å²) in [6.45, 7) is 3.43. The van der Waals surface area contributed by atoms with Gasteiger partial charge in [-0.15, -0.1) is 0 Å². The Balaban J connectivity index is 2.71. The second kappa shape index (κ2) is 5.20. The van der Waals surface area contributed by atoms with E-state index in [0.717, 1.165) is 11.1 Å². The van der Waals surface area contributed by atoms with Crippen LogP contribution in [0.5, 0.6) is 0 Å².